The van der Waals surface area contributed by atoms with E-state index < -0.39 is 0 Å². The molecule has 0 fully saturated rings. The molecule has 0 spiro atoms. The van der Waals surface area contributed by atoms with E-state index >= 15 is 0 Å². The van der Waals surface area contributed by atoms with Crippen molar-refractivity contribution in [1.29, 1.82) is 0 Å². The van der Waals surface area contributed by atoms with Crippen LogP contribution in [-0.4, -0.2) is 70.4 Å². The molecule has 0 aliphatic heterocycles. The molecule has 0 aliphatic rings. The molecular weight excluding hydrogens is 164 g/mol. The maximum absolute atomic E-state index is 5.52. The molecule has 0 radical (unpaired) electrons. The second-order valence-electron chi connectivity index (χ2n) is 4.43. The van der Waals surface area contributed by atoms with Crippen molar-refractivity contribution in [3.63, 3.8) is 0 Å². The smallest absolute Gasteiger partial charge is 0.0910 e. The number of nitrogens with zero attached hydrogens (tertiary/aromatic N) is 2. The Morgan fingerprint density at radius 2 is 1.85 bits per heavy atom. The van der Waals surface area contributed by atoms with E-state index in [1.54, 1.807) is 0 Å². The van der Waals surface area contributed by atoms with Gasteiger partial charge in [0, 0.05) is 26.3 Å². The molecule has 0 rings (SSSR count). The quantitative estimate of drug-likeness (QED) is 0.404. The minimum absolute atomic E-state index is 0.735. The number of hydrogen-bond donors (Lipinski definition) is 2. The van der Waals surface area contributed by atoms with Crippen LogP contribution in [0.1, 0.15) is 0 Å². The van der Waals surface area contributed by atoms with Crippen LogP contribution in [0.4, 0.5) is 0 Å². The number of nitrogens with two attached hydrogens (primary N) is 1. The average molecular weight is 189 g/mol. The first-order chi connectivity index (χ1) is 5.99. The van der Waals surface area contributed by atoms with E-state index in [-0.39, 0.29) is 0 Å². The number of rotatable bonds is 7. The molecule has 0 aliphatic carbocycles. The van der Waals surface area contributed by atoms with Crippen LogP contribution < -0.4 is 11.1 Å². The Balaban J connectivity index is 3.68. The molecular formula is C9H25N4+. The predicted octanol–water partition coefficient (Wildman–Crippen LogP) is -0.870. The molecule has 80 valence electrons. The molecule has 4 nitrogen and oxygen atoms in total. The van der Waals surface area contributed by atoms with E-state index in [9.17, 15) is 0 Å². The van der Waals surface area contributed by atoms with Crippen LogP contribution in [0.15, 0.2) is 0 Å². The lowest BCUT2D eigenvalue weighted by Gasteiger charge is -2.28. The van der Waals surface area contributed by atoms with Crippen molar-refractivity contribution in [2.75, 3.05) is 61.0 Å². The fourth-order valence-corrected chi connectivity index (χ4v) is 1.12. The molecule has 13 heavy (non-hydrogen) atoms. The van der Waals surface area contributed by atoms with Crippen molar-refractivity contribution in [3.05, 3.63) is 0 Å². The minimum Gasteiger partial charge on any atom is -0.330 e. The van der Waals surface area contributed by atoms with Crippen molar-refractivity contribution in [2.24, 2.45) is 5.73 Å². The lowest BCUT2D eigenvalue weighted by Crippen LogP contribution is -2.45. The third-order valence-corrected chi connectivity index (χ3v) is 1.91. The summed E-state index contributed by atoms with van der Waals surface area (Å²) in [7, 11) is 8.59. The first kappa shape index (κ1) is 12.8. The van der Waals surface area contributed by atoms with Gasteiger partial charge >= 0.3 is 0 Å². The van der Waals surface area contributed by atoms with Crippen LogP contribution in [0.2, 0.25) is 0 Å². The highest BCUT2D eigenvalue weighted by atomic mass is 15.3. The van der Waals surface area contributed by atoms with Crippen LogP contribution in [0, 0.1) is 0 Å². The molecule has 0 bridgehead atoms. The summed E-state index contributed by atoms with van der Waals surface area (Å²) in [6.07, 6.45) is 0. The summed E-state index contributed by atoms with van der Waals surface area (Å²) in [6.45, 7) is 4.89. The number of quaternary nitrogens is 1. The number of hydrogen-bond acceptors (Lipinski definition) is 3. The van der Waals surface area contributed by atoms with Gasteiger partial charge in [-0.1, -0.05) is 0 Å². The average Bonchev–Trinajstić information content (AvgIpc) is 2.00. The van der Waals surface area contributed by atoms with Gasteiger partial charge in [-0.3, -0.25) is 4.90 Å². The Labute approximate surface area is 82.3 Å². The number of nitrogens with one attached hydrogen (secondary N) is 1. The summed E-state index contributed by atoms with van der Waals surface area (Å²) in [4.78, 5) is 2.34. The third kappa shape index (κ3) is 8.18. The molecule has 0 aromatic heterocycles. The monoisotopic (exact) mass is 189 g/mol. The maximum Gasteiger partial charge on any atom is 0.0910 e. The Hall–Kier alpha value is -0.160. The van der Waals surface area contributed by atoms with Gasteiger partial charge in [-0.25, -0.2) is 0 Å². The van der Waals surface area contributed by atoms with E-state index in [0.29, 0.717) is 0 Å². The largest absolute Gasteiger partial charge is 0.330 e. The Morgan fingerprint density at radius 1 is 1.23 bits per heavy atom. The second-order valence-corrected chi connectivity index (χ2v) is 4.43. The summed E-state index contributed by atoms with van der Waals surface area (Å²) in [5, 5.41) is 3.15. The zero-order valence-corrected chi connectivity index (χ0v) is 9.51. The van der Waals surface area contributed by atoms with E-state index in [2.05, 4.69) is 31.4 Å². The normalized spacial score (nSPS) is 12.5. The van der Waals surface area contributed by atoms with Gasteiger partial charge in [-0.05, 0) is 7.05 Å². The fraction of sp³-hybridized carbons (Fsp3) is 1.00. The third-order valence-electron chi connectivity index (χ3n) is 1.91. The van der Waals surface area contributed by atoms with E-state index in [4.69, 9.17) is 5.73 Å². The molecule has 0 atom stereocenters. The molecule has 0 amide bonds. The van der Waals surface area contributed by atoms with Crippen LogP contribution in [0.5, 0.6) is 0 Å². The van der Waals surface area contributed by atoms with E-state index in [1.807, 2.05) is 7.05 Å². The predicted molar refractivity (Wildman–Crippen MR) is 57.5 cm³/mol. The SMILES string of the molecule is CNCN(CCN)CC[N+](C)(C)C. The van der Waals surface area contributed by atoms with Gasteiger partial charge in [-0.2, -0.15) is 0 Å². The Kier molecular flexibility index (Phi) is 6.24. The van der Waals surface area contributed by atoms with Crippen LogP contribution in [0.3, 0.4) is 0 Å². The van der Waals surface area contributed by atoms with Crippen molar-refractivity contribution in [1.82, 2.24) is 10.2 Å². The molecule has 3 N–H and O–H groups in total. The van der Waals surface area contributed by atoms with Gasteiger partial charge in [0.2, 0.25) is 0 Å². The van der Waals surface area contributed by atoms with Crippen molar-refractivity contribution in [3.8, 4) is 0 Å². The Bertz CT molecular complexity index is 113. The standard InChI is InChI=1S/C9H25N4/c1-11-9-12(6-5-10)7-8-13(2,3)4/h11H,5-10H2,1-4H3/q+1. The zero-order chi connectivity index (χ0) is 10.3. The van der Waals surface area contributed by atoms with Crippen molar-refractivity contribution >= 4 is 0 Å². The second kappa shape index (κ2) is 6.32. The van der Waals surface area contributed by atoms with Crippen LogP contribution >= 0.6 is 0 Å². The lowest BCUT2D eigenvalue weighted by atomic mass is 10.4. The van der Waals surface area contributed by atoms with Gasteiger partial charge in [0.05, 0.1) is 27.7 Å². The topological polar surface area (TPSA) is 41.3 Å². The number of likely N-dealkylation sites (N-methyl/N-ethyl adjacent to an activating group) is 1. The van der Waals surface area contributed by atoms with Crippen molar-refractivity contribution < 1.29 is 4.48 Å². The first-order valence-electron chi connectivity index (χ1n) is 4.87. The van der Waals surface area contributed by atoms with Gasteiger partial charge in [0.25, 0.3) is 0 Å². The van der Waals surface area contributed by atoms with Gasteiger partial charge in [0.15, 0.2) is 0 Å². The van der Waals surface area contributed by atoms with Crippen molar-refractivity contribution in [2.45, 2.75) is 0 Å². The van der Waals surface area contributed by atoms with Gasteiger partial charge < -0.3 is 15.5 Å². The van der Waals surface area contributed by atoms with Crippen LogP contribution in [0.25, 0.3) is 0 Å². The van der Waals surface area contributed by atoms with E-state index in [1.165, 1.54) is 0 Å². The van der Waals surface area contributed by atoms with Gasteiger partial charge in [0.1, 0.15) is 0 Å². The fourth-order valence-electron chi connectivity index (χ4n) is 1.12. The molecule has 0 unspecified atom stereocenters. The highest BCUT2D eigenvalue weighted by Gasteiger charge is 2.10. The molecule has 0 saturated heterocycles. The summed E-state index contributed by atoms with van der Waals surface area (Å²) in [5.41, 5.74) is 5.52. The summed E-state index contributed by atoms with van der Waals surface area (Å²) >= 11 is 0. The van der Waals surface area contributed by atoms with E-state index in [0.717, 1.165) is 37.3 Å². The summed E-state index contributed by atoms with van der Waals surface area (Å²) in [6, 6.07) is 0. The minimum atomic E-state index is 0.735. The maximum atomic E-state index is 5.52. The lowest BCUT2D eigenvalue weighted by molar-refractivity contribution is -0.869. The summed E-state index contributed by atoms with van der Waals surface area (Å²) < 4.78 is 1.00. The molecule has 0 aromatic carbocycles. The highest BCUT2D eigenvalue weighted by Crippen LogP contribution is 1.92. The Morgan fingerprint density at radius 3 is 2.23 bits per heavy atom. The van der Waals surface area contributed by atoms with Crippen LogP contribution in [-0.2, 0) is 0 Å². The molecule has 0 heterocycles. The van der Waals surface area contributed by atoms with Gasteiger partial charge in [-0.15, -0.1) is 0 Å². The molecule has 4 heteroatoms. The molecule has 0 aromatic rings. The first-order valence-corrected chi connectivity index (χ1v) is 4.87. The zero-order valence-electron chi connectivity index (χ0n) is 9.51. The molecule has 0 saturated carbocycles. The summed E-state index contributed by atoms with van der Waals surface area (Å²) in [5.74, 6) is 0. The highest BCUT2D eigenvalue weighted by molar-refractivity contribution is 4.55.